The van der Waals surface area contributed by atoms with E-state index in [4.69, 9.17) is 5.73 Å². The molecule has 0 aliphatic heterocycles. The standard InChI is InChI=1S/C10H10BrN5O/c1-5-7(4-14-16-5)10(17)15-9-8(11)2-6(12)3-13-9/h2-4H,12H2,1H3,(H,14,16)(H,13,15,17). The maximum absolute atomic E-state index is 11.9. The van der Waals surface area contributed by atoms with Crippen LogP contribution < -0.4 is 11.1 Å². The fourth-order valence-corrected chi connectivity index (χ4v) is 1.77. The number of nitrogen functional groups attached to an aromatic ring is 1. The molecule has 0 atom stereocenters. The Bertz CT molecular complexity index is 566. The number of pyridine rings is 1. The molecule has 2 rings (SSSR count). The second-order valence-electron chi connectivity index (χ2n) is 3.46. The van der Waals surface area contributed by atoms with E-state index in [1.54, 1.807) is 13.0 Å². The van der Waals surface area contributed by atoms with Crippen molar-refractivity contribution in [1.29, 1.82) is 0 Å². The van der Waals surface area contributed by atoms with Crippen molar-refractivity contribution >= 4 is 33.3 Å². The fraction of sp³-hybridized carbons (Fsp3) is 0.100. The second-order valence-corrected chi connectivity index (χ2v) is 4.32. The maximum atomic E-state index is 11.9. The molecule has 7 heteroatoms. The summed E-state index contributed by atoms with van der Waals surface area (Å²) in [7, 11) is 0. The van der Waals surface area contributed by atoms with E-state index >= 15 is 0 Å². The average Bonchev–Trinajstić information content (AvgIpc) is 2.68. The van der Waals surface area contributed by atoms with Crippen LogP contribution in [0.1, 0.15) is 16.1 Å². The third kappa shape index (κ3) is 2.44. The van der Waals surface area contributed by atoms with Crippen LogP contribution >= 0.6 is 15.9 Å². The van der Waals surface area contributed by atoms with E-state index in [1.165, 1.54) is 12.4 Å². The molecule has 2 aromatic heterocycles. The predicted molar refractivity (Wildman–Crippen MR) is 67.6 cm³/mol. The zero-order valence-electron chi connectivity index (χ0n) is 8.99. The molecule has 0 bridgehead atoms. The number of aromatic nitrogens is 3. The number of rotatable bonds is 2. The Kier molecular flexibility index (Phi) is 3.10. The SMILES string of the molecule is Cc1[nH]ncc1C(=O)Nc1ncc(N)cc1Br. The molecule has 2 heterocycles. The number of H-pyrrole nitrogens is 1. The van der Waals surface area contributed by atoms with E-state index in [-0.39, 0.29) is 5.91 Å². The zero-order chi connectivity index (χ0) is 12.4. The first-order valence-electron chi connectivity index (χ1n) is 4.80. The molecule has 4 N–H and O–H groups in total. The number of anilines is 2. The molecule has 0 radical (unpaired) electrons. The molecule has 0 aliphatic carbocycles. The van der Waals surface area contributed by atoms with Crippen molar-refractivity contribution in [3.63, 3.8) is 0 Å². The zero-order valence-corrected chi connectivity index (χ0v) is 10.6. The van der Waals surface area contributed by atoms with Gasteiger partial charge in [-0.1, -0.05) is 0 Å². The van der Waals surface area contributed by atoms with Gasteiger partial charge in [-0.2, -0.15) is 5.10 Å². The predicted octanol–water partition coefficient (Wildman–Crippen LogP) is 1.71. The lowest BCUT2D eigenvalue weighted by atomic mass is 10.2. The first kappa shape index (κ1) is 11.6. The molecule has 0 fully saturated rings. The fourth-order valence-electron chi connectivity index (χ4n) is 1.30. The summed E-state index contributed by atoms with van der Waals surface area (Å²) >= 11 is 3.28. The summed E-state index contributed by atoms with van der Waals surface area (Å²) in [5.41, 5.74) is 7.26. The van der Waals surface area contributed by atoms with Crippen molar-refractivity contribution in [1.82, 2.24) is 15.2 Å². The monoisotopic (exact) mass is 295 g/mol. The van der Waals surface area contributed by atoms with Crippen LogP contribution in [0.4, 0.5) is 11.5 Å². The van der Waals surface area contributed by atoms with E-state index in [0.29, 0.717) is 27.2 Å². The third-order valence-corrected chi connectivity index (χ3v) is 2.77. The number of aryl methyl sites for hydroxylation is 1. The van der Waals surface area contributed by atoms with Gasteiger partial charge < -0.3 is 11.1 Å². The molecule has 0 unspecified atom stereocenters. The molecule has 88 valence electrons. The highest BCUT2D eigenvalue weighted by atomic mass is 79.9. The van der Waals surface area contributed by atoms with Gasteiger partial charge in [0, 0.05) is 5.69 Å². The number of halogens is 1. The van der Waals surface area contributed by atoms with Crippen molar-refractivity contribution in [2.75, 3.05) is 11.1 Å². The summed E-state index contributed by atoms with van der Waals surface area (Å²) in [6.45, 7) is 1.77. The van der Waals surface area contributed by atoms with Gasteiger partial charge in [-0.25, -0.2) is 4.98 Å². The van der Waals surface area contributed by atoms with Crippen LogP contribution in [0.15, 0.2) is 22.9 Å². The molecule has 1 amide bonds. The maximum Gasteiger partial charge on any atom is 0.260 e. The highest BCUT2D eigenvalue weighted by molar-refractivity contribution is 9.10. The molecular weight excluding hydrogens is 286 g/mol. The highest BCUT2D eigenvalue weighted by Gasteiger charge is 2.13. The van der Waals surface area contributed by atoms with Crippen molar-refractivity contribution < 1.29 is 4.79 Å². The van der Waals surface area contributed by atoms with Crippen LogP contribution in [0.25, 0.3) is 0 Å². The molecule has 17 heavy (non-hydrogen) atoms. The van der Waals surface area contributed by atoms with E-state index in [2.05, 4.69) is 36.4 Å². The Balaban J connectivity index is 2.22. The smallest absolute Gasteiger partial charge is 0.260 e. The van der Waals surface area contributed by atoms with Gasteiger partial charge in [0.2, 0.25) is 0 Å². The number of nitrogens with one attached hydrogen (secondary N) is 2. The summed E-state index contributed by atoms with van der Waals surface area (Å²) < 4.78 is 0.631. The van der Waals surface area contributed by atoms with Gasteiger partial charge in [-0.15, -0.1) is 0 Å². The van der Waals surface area contributed by atoms with Crippen molar-refractivity contribution in [3.8, 4) is 0 Å². The number of nitrogens with zero attached hydrogens (tertiary/aromatic N) is 2. The third-order valence-electron chi connectivity index (χ3n) is 2.17. The minimum absolute atomic E-state index is 0.269. The molecule has 2 aromatic rings. The molecule has 0 spiro atoms. The lowest BCUT2D eigenvalue weighted by molar-refractivity contribution is 0.102. The van der Waals surface area contributed by atoms with E-state index in [0.717, 1.165) is 0 Å². The summed E-state index contributed by atoms with van der Waals surface area (Å²) in [6.07, 6.45) is 2.94. The van der Waals surface area contributed by atoms with Gasteiger partial charge in [0.15, 0.2) is 0 Å². The number of amides is 1. The van der Waals surface area contributed by atoms with Crippen LogP contribution in [0.2, 0.25) is 0 Å². The average molecular weight is 296 g/mol. The van der Waals surface area contributed by atoms with Crippen LogP contribution in [0, 0.1) is 6.92 Å². The van der Waals surface area contributed by atoms with Gasteiger partial charge >= 0.3 is 0 Å². The highest BCUT2D eigenvalue weighted by Crippen LogP contribution is 2.22. The Morgan fingerprint density at radius 2 is 2.29 bits per heavy atom. The van der Waals surface area contributed by atoms with Crippen molar-refractivity contribution in [2.45, 2.75) is 6.92 Å². The topological polar surface area (TPSA) is 96.7 Å². The lowest BCUT2D eigenvalue weighted by Gasteiger charge is -2.06. The van der Waals surface area contributed by atoms with Crippen LogP contribution in [-0.4, -0.2) is 21.1 Å². The second kappa shape index (κ2) is 4.54. The van der Waals surface area contributed by atoms with E-state index in [9.17, 15) is 4.79 Å². The number of hydrogen-bond acceptors (Lipinski definition) is 4. The molecule has 0 saturated heterocycles. The Hall–Kier alpha value is -1.89. The van der Waals surface area contributed by atoms with Crippen LogP contribution in [0.5, 0.6) is 0 Å². The number of carbonyl (C=O) groups excluding carboxylic acids is 1. The minimum Gasteiger partial charge on any atom is -0.397 e. The van der Waals surface area contributed by atoms with Crippen LogP contribution in [0.3, 0.4) is 0 Å². The van der Waals surface area contributed by atoms with Gasteiger partial charge in [-0.05, 0) is 28.9 Å². The van der Waals surface area contributed by atoms with Gasteiger partial charge in [-0.3, -0.25) is 9.89 Å². The summed E-state index contributed by atoms with van der Waals surface area (Å²) in [4.78, 5) is 15.9. The normalized spacial score (nSPS) is 10.2. The van der Waals surface area contributed by atoms with Gasteiger partial charge in [0.1, 0.15) is 5.82 Å². The van der Waals surface area contributed by atoms with Crippen molar-refractivity contribution in [3.05, 3.63) is 34.2 Å². The quantitative estimate of drug-likeness (QED) is 0.786. The lowest BCUT2D eigenvalue weighted by Crippen LogP contribution is -2.14. The number of aromatic amines is 1. The largest absolute Gasteiger partial charge is 0.397 e. The van der Waals surface area contributed by atoms with Crippen LogP contribution in [-0.2, 0) is 0 Å². The van der Waals surface area contributed by atoms with E-state index in [1.807, 2.05) is 0 Å². The first-order valence-corrected chi connectivity index (χ1v) is 5.59. The first-order chi connectivity index (χ1) is 8.08. The van der Waals surface area contributed by atoms with E-state index < -0.39 is 0 Å². The van der Waals surface area contributed by atoms with Gasteiger partial charge in [0.25, 0.3) is 5.91 Å². The molecule has 0 saturated carbocycles. The summed E-state index contributed by atoms with van der Waals surface area (Å²) in [5.74, 6) is 0.152. The summed E-state index contributed by atoms with van der Waals surface area (Å²) in [6, 6.07) is 1.67. The Labute approximate surface area is 106 Å². The number of nitrogens with two attached hydrogens (primary N) is 1. The number of hydrogen-bond donors (Lipinski definition) is 3. The molecule has 6 nitrogen and oxygen atoms in total. The Morgan fingerprint density at radius 1 is 1.53 bits per heavy atom. The molecule has 0 aliphatic rings. The van der Waals surface area contributed by atoms with Gasteiger partial charge in [0.05, 0.1) is 28.1 Å². The molecule has 0 aromatic carbocycles. The number of carbonyl (C=O) groups is 1. The minimum atomic E-state index is -0.269. The summed E-state index contributed by atoms with van der Waals surface area (Å²) in [5, 5.41) is 9.15. The van der Waals surface area contributed by atoms with Crippen molar-refractivity contribution in [2.24, 2.45) is 0 Å². The Morgan fingerprint density at radius 3 is 2.88 bits per heavy atom. The molecular formula is C10H10BrN5O.